The van der Waals surface area contributed by atoms with Gasteiger partial charge in [0.15, 0.2) is 0 Å². The van der Waals surface area contributed by atoms with Gasteiger partial charge in [-0.2, -0.15) is 0 Å². The van der Waals surface area contributed by atoms with Crippen molar-refractivity contribution in [2.75, 3.05) is 0 Å². The van der Waals surface area contributed by atoms with E-state index in [9.17, 15) is 0 Å². The van der Waals surface area contributed by atoms with Gasteiger partial charge in [-0.05, 0) is 33.2 Å². The van der Waals surface area contributed by atoms with Crippen LogP contribution in [0.1, 0.15) is 27.7 Å². The molecule has 3 nitrogen and oxygen atoms in total. The van der Waals surface area contributed by atoms with E-state index >= 15 is 0 Å². The summed E-state index contributed by atoms with van der Waals surface area (Å²) in [4.78, 5) is 4.17. The van der Waals surface area contributed by atoms with Gasteiger partial charge in [-0.25, -0.2) is 0 Å². The fourth-order valence-corrected chi connectivity index (χ4v) is 2.58. The summed E-state index contributed by atoms with van der Waals surface area (Å²) in [6, 6.07) is 5.95. The van der Waals surface area contributed by atoms with E-state index in [4.69, 9.17) is 20.9 Å². The number of fused-ring (bicyclic) bond motifs is 1. The largest absolute Gasteiger partial charge is 0.495 e. The Morgan fingerprint density at radius 1 is 1.00 bits per heavy atom. The van der Waals surface area contributed by atoms with Crippen molar-refractivity contribution in [2.45, 2.75) is 38.9 Å². The minimum atomic E-state index is -0.399. The van der Waals surface area contributed by atoms with Crippen molar-refractivity contribution in [1.82, 2.24) is 4.98 Å². The van der Waals surface area contributed by atoms with Crippen LogP contribution in [0.15, 0.2) is 30.6 Å². The van der Waals surface area contributed by atoms with Crippen LogP contribution in [0, 0.1) is 0 Å². The Kier molecular flexibility index (Phi) is 3.09. The number of aromatic nitrogens is 1. The fraction of sp³-hybridized carbons (Fsp3) is 0.400. The lowest BCUT2D eigenvalue weighted by Gasteiger charge is -2.32. The van der Waals surface area contributed by atoms with Crippen LogP contribution < -0.4 is 5.46 Å². The summed E-state index contributed by atoms with van der Waals surface area (Å²) in [7, 11) is -0.399. The van der Waals surface area contributed by atoms with Crippen molar-refractivity contribution in [3.05, 3.63) is 35.6 Å². The van der Waals surface area contributed by atoms with Crippen LogP contribution in [0.3, 0.4) is 0 Å². The lowest BCUT2D eigenvalue weighted by atomic mass is 9.76. The monoisotopic (exact) mass is 289 g/mol. The summed E-state index contributed by atoms with van der Waals surface area (Å²) >= 11 is 6.20. The van der Waals surface area contributed by atoms with Gasteiger partial charge in [0.1, 0.15) is 0 Å². The van der Waals surface area contributed by atoms with Gasteiger partial charge in [-0.1, -0.05) is 29.8 Å². The average Bonchev–Trinajstić information content (AvgIpc) is 2.58. The van der Waals surface area contributed by atoms with Gasteiger partial charge < -0.3 is 9.31 Å². The molecule has 1 aliphatic heterocycles. The smallest absolute Gasteiger partial charge is 0.399 e. The number of benzene rings is 1. The summed E-state index contributed by atoms with van der Waals surface area (Å²) in [5, 5.41) is 2.58. The molecule has 1 fully saturated rings. The molecule has 0 amide bonds. The highest BCUT2D eigenvalue weighted by molar-refractivity contribution is 6.65. The van der Waals surface area contributed by atoms with Crippen LogP contribution in [-0.2, 0) is 9.31 Å². The first-order valence-electron chi connectivity index (χ1n) is 6.70. The summed E-state index contributed by atoms with van der Waals surface area (Å²) < 4.78 is 12.2. The predicted octanol–water partition coefficient (Wildman–Crippen LogP) is 3.19. The molecule has 3 rings (SSSR count). The fourth-order valence-electron chi connectivity index (χ4n) is 2.36. The Morgan fingerprint density at radius 3 is 2.30 bits per heavy atom. The Hall–Kier alpha value is -1.10. The maximum Gasteiger partial charge on any atom is 0.495 e. The minimum absolute atomic E-state index is 0.355. The van der Waals surface area contributed by atoms with E-state index in [1.807, 2.05) is 52.1 Å². The van der Waals surface area contributed by atoms with Crippen LogP contribution in [-0.4, -0.2) is 23.3 Å². The maximum absolute atomic E-state index is 6.20. The molecule has 0 saturated carbocycles. The number of rotatable bonds is 1. The normalized spacial score (nSPS) is 20.6. The molecular weight excluding hydrogens is 272 g/mol. The van der Waals surface area contributed by atoms with Crippen molar-refractivity contribution < 1.29 is 9.31 Å². The molecule has 1 saturated heterocycles. The Bertz CT molecular complexity index is 656. The second kappa shape index (κ2) is 4.45. The quantitative estimate of drug-likeness (QED) is 0.756. The number of hydrogen-bond acceptors (Lipinski definition) is 3. The molecular formula is C15H17BClNO2. The van der Waals surface area contributed by atoms with Crippen molar-refractivity contribution in [1.29, 1.82) is 0 Å². The van der Waals surface area contributed by atoms with Crippen LogP contribution in [0.25, 0.3) is 10.8 Å². The van der Waals surface area contributed by atoms with Gasteiger partial charge in [0, 0.05) is 23.2 Å². The zero-order valence-electron chi connectivity index (χ0n) is 12.1. The summed E-state index contributed by atoms with van der Waals surface area (Å²) in [6.45, 7) is 8.18. The van der Waals surface area contributed by atoms with Gasteiger partial charge in [-0.15, -0.1) is 0 Å². The lowest BCUT2D eigenvalue weighted by Crippen LogP contribution is -2.41. The third-order valence-corrected chi connectivity index (χ3v) is 4.60. The first kappa shape index (κ1) is 13.9. The number of nitrogens with zero attached hydrogens (tertiary/aromatic N) is 1. The molecule has 1 aromatic carbocycles. The maximum atomic E-state index is 6.20. The first-order chi connectivity index (χ1) is 9.32. The summed E-state index contributed by atoms with van der Waals surface area (Å²) in [5.41, 5.74) is 0.258. The molecule has 0 bridgehead atoms. The molecule has 2 aromatic rings. The molecule has 0 radical (unpaired) electrons. The van der Waals surface area contributed by atoms with E-state index in [1.54, 1.807) is 6.20 Å². The van der Waals surface area contributed by atoms with E-state index < -0.39 is 7.12 Å². The van der Waals surface area contributed by atoms with Crippen molar-refractivity contribution in [2.24, 2.45) is 0 Å². The van der Waals surface area contributed by atoms with E-state index in [1.165, 1.54) is 0 Å². The van der Waals surface area contributed by atoms with Crippen molar-refractivity contribution >= 4 is 35.0 Å². The minimum Gasteiger partial charge on any atom is -0.399 e. The highest BCUT2D eigenvalue weighted by Gasteiger charge is 2.52. The standard InChI is InChI=1S/C15H17BClNO2/c1-14(2)15(3,4)20-16(19-14)12-7-5-6-10-11(12)8-18-9-13(10)17/h5-9H,1-4H3. The molecule has 0 aliphatic carbocycles. The van der Waals surface area contributed by atoms with Gasteiger partial charge in [0.05, 0.1) is 16.2 Å². The molecule has 1 aliphatic rings. The third kappa shape index (κ3) is 2.03. The highest BCUT2D eigenvalue weighted by Crippen LogP contribution is 2.37. The van der Waals surface area contributed by atoms with Gasteiger partial charge >= 0.3 is 7.12 Å². The topological polar surface area (TPSA) is 31.4 Å². The Labute approximate surface area is 124 Å². The van der Waals surface area contributed by atoms with Crippen molar-refractivity contribution in [3.8, 4) is 0 Å². The predicted molar refractivity (Wildman–Crippen MR) is 82.5 cm³/mol. The molecule has 2 heterocycles. The third-order valence-electron chi connectivity index (χ3n) is 4.30. The Balaban J connectivity index is 2.11. The molecule has 20 heavy (non-hydrogen) atoms. The molecule has 5 heteroatoms. The molecule has 0 N–H and O–H groups in total. The van der Waals surface area contributed by atoms with Crippen LogP contribution >= 0.6 is 11.6 Å². The molecule has 0 spiro atoms. The lowest BCUT2D eigenvalue weighted by molar-refractivity contribution is 0.00578. The van der Waals surface area contributed by atoms with E-state index in [0.717, 1.165) is 16.2 Å². The number of halogens is 1. The van der Waals surface area contributed by atoms with Crippen LogP contribution in [0.2, 0.25) is 5.02 Å². The van der Waals surface area contributed by atoms with Crippen LogP contribution in [0.5, 0.6) is 0 Å². The second-order valence-corrected chi connectivity index (χ2v) is 6.56. The van der Waals surface area contributed by atoms with Gasteiger partial charge in [-0.3, -0.25) is 4.98 Å². The van der Waals surface area contributed by atoms with Gasteiger partial charge in [0.2, 0.25) is 0 Å². The summed E-state index contributed by atoms with van der Waals surface area (Å²) in [5.74, 6) is 0. The summed E-state index contributed by atoms with van der Waals surface area (Å²) in [6.07, 6.45) is 3.46. The highest BCUT2D eigenvalue weighted by atomic mass is 35.5. The SMILES string of the molecule is CC1(C)OB(c2cccc3c(Cl)cncc23)OC1(C)C. The number of pyridine rings is 1. The van der Waals surface area contributed by atoms with E-state index in [0.29, 0.717) is 5.02 Å². The first-order valence-corrected chi connectivity index (χ1v) is 7.07. The zero-order chi connectivity index (χ0) is 14.5. The molecule has 0 unspecified atom stereocenters. The van der Waals surface area contributed by atoms with Gasteiger partial charge in [0.25, 0.3) is 0 Å². The molecule has 104 valence electrons. The van der Waals surface area contributed by atoms with E-state index in [2.05, 4.69) is 4.98 Å². The zero-order valence-corrected chi connectivity index (χ0v) is 12.9. The molecule has 1 aromatic heterocycles. The Morgan fingerprint density at radius 2 is 1.65 bits per heavy atom. The van der Waals surface area contributed by atoms with Crippen LogP contribution in [0.4, 0.5) is 0 Å². The van der Waals surface area contributed by atoms with Crippen molar-refractivity contribution in [3.63, 3.8) is 0 Å². The molecule has 0 atom stereocenters. The average molecular weight is 290 g/mol. The number of hydrogen-bond donors (Lipinski definition) is 0. The van der Waals surface area contributed by atoms with E-state index in [-0.39, 0.29) is 11.2 Å². The second-order valence-electron chi connectivity index (χ2n) is 6.15.